The lowest BCUT2D eigenvalue weighted by Crippen LogP contribution is -2.09. The Morgan fingerprint density at radius 1 is 1.22 bits per heavy atom. The van der Waals surface area contributed by atoms with Gasteiger partial charge in [0.05, 0.1) is 6.61 Å². The molecule has 0 bridgehead atoms. The van der Waals surface area contributed by atoms with Crippen LogP contribution in [0.4, 0.5) is 0 Å². The molecule has 2 aromatic rings. The maximum Gasteiger partial charge on any atom is 0.339 e. The molecule has 2 rings (SSSR count). The molecule has 4 nitrogen and oxygen atoms in total. The van der Waals surface area contributed by atoms with Crippen molar-refractivity contribution in [3.63, 3.8) is 0 Å². The van der Waals surface area contributed by atoms with E-state index in [0.29, 0.717) is 25.3 Å². The van der Waals surface area contributed by atoms with Crippen molar-refractivity contribution in [3.8, 4) is 5.75 Å². The van der Waals surface area contributed by atoms with E-state index >= 15 is 0 Å². The highest BCUT2D eigenvalue weighted by Gasteiger charge is 2.14. The van der Waals surface area contributed by atoms with Gasteiger partial charge in [0, 0.05) is 5.39 Å². The molecular weight excluding hydrogens is 230 g/mol. The van der Waals surface area contributed by atoms with Gasteiger partial charge in [0.25, 0.3) is 0 Å². The van der Waals surface area contributed by atoms with Crippen LogP contribution >= 0.6 is 0 Å². The number of ether oxygens (including phenoxy) is 1. The van der Waals surface area contributed by atoms with Crippen molar-refractivity contribution >= 4 is 16.7 Å². The van der Waals surface area contributed by atoms with Gasteiger partial charge >= 0.3 is 5.97 Å². The standard InChI is InChI=1S/C14H15NO3/c15-8-3-9-18-13-11-5-2-1-4-10(11)6-7-12(13)14(16)17/h1-2,4-7H,3,8-9,15H2,(H,16,17). The Morgan fingerprint density at radius 3 is 2.72 bits per heavy atom. The van der Waals surface area contributed by atoms with Gasteiger partial charge in [-0.15, -0.1) is 0 Å². The van der Waals surface area contributed by atoms with E-state index in [2.05, 4.69) is 0 Å². The zero-order chi connectivity index (χ0) is 13.0. The van der Waals surface area contributed by atoms with Crippen molar-refractivity contribution in [3.05, 3.63) is 42.0 Å². The first kappa shape index (κ1) is 12.4. The fourth-order valence-electron chi connectivity index (χ4n) is 1.82. The summed E-state index contributed by atoms with van der Waals surface area (Å²) in [5, 5.41) is 11.0. The first-order chi connectivity index (χ1) is 8.74. The van der Waals surface area contributed by atoms with Crippen LogP contribution in [0.5, 0.6) is 5.75 Å². The maximum absolute atomic E-state index is 11.2. The molecule has 3 N–H and O–H groups in total. The van der Waals surface area contributed by atoms with Crippen molar-refractivity contribution in [1.29, 1.82) is 0 Å². The Bertz CT molecular complexity index is 566. The molecule has 94 valence electrons. The Kier molecular flexibility index (Phi) is 3.79. The SMILES string of the molecule is NCCCOc1c(C(=O)O)ccc2ccccc12. The minimum absolute atomic E-state index is 0.186. The summed E-state index contributed by atoms with van der Waals surface area (Å²) in [5.41, 5.74) is 5.59. The van der Waals surface area contributed by atoms with Gasteiger partial charge in [-0.1, -0.05) is 30.3 Å². The highest BCUT2D eigenvalue weighted by molar-refractivity contribution is 6.00. The third-order valence-corrected chi connectivity index (χ3v) is 2.70. The second-order valence-electron chi connectivity index (χ2n) is 3.96. The van der Waals surface area contributed by atoms with Gasteiger partial charge < -0.3 is 15.6 Å². The molecule has 0 saturated carbocycles. The van der Waals surface area contributed by atoms with E-state index in [0.717, 1.165) is 10.8 Å². The summed E-state index contributed by atoms with van der Waals surface area (Å²) in [4.78, 5) is 11.2. The predicted molar refractivity (Wildman–Crippen MR) is 70.1 cm³/mol. The number of benzene rings is 2. The lowest BCUT2D eigenvalue weighted by molar-refractivity contribution is 0.0692. The lowest BCUT2D eigenvalue weighted by atomic mass is 10.1. The first-order valence-corrected chi connectivity index (χ1v) is 5.82. The molecule has 0 aliphatic heterocycles. The second-order valence-corrected chi connectivity index (χ2v) is 3.96. The van der Waals surface area contributed by atoms with E-state index in [1.807, 2.05) is 24.3 Å². The largest absolute Gasteiger partial charge is 0.492 e. The van der Waals surface area contributed by atoms with Crippen molar-refractivity contribution in [1.82, 2.24) is 0 Å². The minimum atomic E-state index is -0.983. The van der Waals surface area contributed by atoms with Crippen LogP contribution in [0.1, 0.15) is 16.8 Å². The molecule has 2 aromatic carbocycles. The summed E-state index contributed by atoms with van der Waals surface area (Å²) in [6.07, 6.45) is 0.697. The van der Waals surface area contributed by atoms with Gasteiger partial charge in [0.2, 0.25) is 0 Å². The van der Waals surface area contributed by atoms with Crippen molar-refractivity contribution in [2.45, 2.75) is 6.42 Å². The second kappa shape index (κ2) is 5.51. The highest BCUT2D eigenvalue weighted by Crippen LogP contribution is 2.30. The summed E-state index contributed by atoms with van der Waals surface area (Å²) in [5.74, 6) is -0.558. The van der Waals surface area contributed by atoms with Crippen LogP contribution in [-0.4, -0.2) is 24.2 Å². The molecule has 0 heterocycles. The molecule has 0 aliphatic carbocycles. The molecule has 0 aliphatic rings. The number of aromatic carboxylic acids is 1. The van der Waals surface area contributed by atoms with Crippen LogP contribution in [0, 0.1) is 0 Å². The highest BCUT2D eigenvalue weighted by atomic mass is 16.5. The van der Waals surface area contributed by atoms with Crippen LogP contribution in [0.3, 0.4) is 0 Å². The smallest absolute Gasteiger partial charge is 0.339 e. The van der Waals surface area contributed by atoms with E-state index in [9.17, 15) is 9.90 Å². The van der Waals surface area contributed by atoms with Crippen LogP contribution in [-0.2, 0) is 0 Å². The van der Waals surface area contributed by atoms with Crippen molar-refractivity contribution in [2.24, 2.45) is 5.73 Å². The molecule has 0 atom stereocenters. The maximum atomic E-state index is 11.2. The zero-order valence-electron chi connectivity index (χ0n) is 9.93. The van der Waals surface area contributed by atoms with Crippen LogP contribution < -0.4 is 10.5 Å². The summed E-state index contributed by atoms with van der Waals surface area (Å²) in [6.45, 7) is 0.942. The molecule has 0 aromatic heterocycles. The number of carboxylic acid groups (broad SMARTS) is 1. The Hall–Kier alpha value is -2.07. The Balaban J connectivity index is 2.48. The molecule has 0 fully saturated rings. The van der Waals surface area contributed by atoms with E-state index < -0.39 is 5.97 Å². The van der Waals surface area contributed by atoms with E-state index in [1.54, 1.807) is 12.1 Å². The fourth-order valence-corrected chi connectivity index (χ4v) is 1.82. The summed E-state index contributed by atoms with van der Waals surface area (Å²) >= 11 is 0. The predicted octanol–water partition coefficient (Wildman–Crippen LogP) is 2.27. The number of hydrogen-bond donors (Lipinski definition) is 2. The van der Waals surface area contributed by atoms with Gasteiger partial charge in [-0.2, -0.15) is 0 Å². The number of hydrogen-bond acceptors (Lipinski definition) is 3. The third-order valence-electron chi connectivity index (χ3n) is 2.70. The Morgan fingerprint density at radius 2 is 2.00 bits per heavy atom. The minimum Gasteiger partial charge on any atom is -0.492 e. The molecule has 4 heteroatoms. The van der Waals surface area contributed by atoms with E-state index in [-0.39, 0.29) is 5.56 Å². The monoisotopic (exact) mass is 245 g/mol. The van der Waals surface area contributed by atoms with E-state index in [4.69, 9.17) is 10.5 Å². The van der Waals surface area contributed by atoms with Gasteiger partial charge in [0.15, 0.2) is 0 Å². The Labute approximate surface area is 105 Å². The van der Waals surface area contributed by atoms with Gasteiger partial charge in [-0.25, -0.2) is 4.79 Å². The van der Waals surface area contributed by atoms with Crippen LogP contribution in [0.15, 0.2) is 36.4 Å². The number of carboxylic acids is 1. The average molecular weight is 245 g/mol. The van der Waals surface area contributed by atoms with Crippen molar-refractivity contribution < 1.29 is 14.6 Å². The first-order valence-electron chi connectivity index (χ1n) is 5.82. The zero-order valence-corrected chi connectivity index (χ0v) is 9.93. The molecule has 18 heavy (non-hydrogen) atoms. The lowest BCUT2D eigenvalue weighted by Gasteiger charge is -2.11. The van der Waals surface area contributed by atoms with Gasteiger partial charge in [0.1, 0.15) is 11.3 Å². The average Bonchev–Trinajstić information content (AvgIpc) is 2.38. The summed E-state index contributed by atoms with van der Waals surface area (Å²) < 4.78 is 5.59. The summed E-state index contributed by atoms with van der Waals surface area (Å²) in [6, 6.07) is 10.9. The molecule has 0 spiro atoms. The van der Waals surface area contributed by atoms with Gasteiger partial charge in [-0.3, -0.25) is 0 Å². The van der Waals surface area contributed by atoms with Crippen LogP contribution in [0.2, 0.25) is 0 Å². The molecule has 0 radical (unpaired) electrons. The van der Waals surface area contributed by atoms with Crippen molar-refractivity contribution in [2.75, 3.05) is 13.2 Å². The topological polar surface area (TPSA) is 72.5 Å². The van der Waals surface area contributed by atoms with Gasteiger partial charge in [-0.05, 0) is 24.4 Å². The fraction of sp³-hybridized carbons (Fsp3) is 0.214. The molecule has 0 amide bonds. The molecule has 0 saturated heterocycles. The quantitative estimate of drug-likeness (QED) is 0.792. The van der Waals surface area contributed by atoms with Crippen LogP contribution in [0.25, 0.3) is 10.8 Å². The van der Waals surface area contributed by atoms with E-state index in [1.165, 1.54) is 0 Å². The number of carbonyl (C=O) groups is 1. The molecular formula is C14H15NO3. The number of rotatable bonds is 5. The number of nitrogens with two attached hydrogens (primary N) is 1. The summed E-state index contributed by atoms with van der Waals surface area (Å²) in [7, 11) is 0. The number of fused-ring (bicyclic) bond motifs is 1. The molecule has 0 unspecified atom stereocenters. The third kappa shape index (κ3) is 2.43. The normalized spacial score (nSPS) is 10.5.